The van der Waals surface area contributed by atoms with Crippen molar-refractivity contribution in [2.75, 3.05) is 44.7 Å². The van der Waals surface area contributed by atoms with Crippen molar-refractivity contribution in [2.24, 2.45) is 0 Å². The molecule has 0 spiro atoms. The molecular weight excluding hydrogens is 414 g/mol. The van der Waals surface area contributed by atoms with Crippen molar-refractivity contribution in [2.45, 2.75) is 25.8 Å². The van der Waals surface area contributed by atoms with E-state index in [0.717, 1.165) is 78.8 Å². The van der Waals surface area contributed by atoms with E-state index < -0.39 is 0 Å². The number of ether oxygens (including phenoxy) is 1. The number of likely N-dealkylation sites (tertiary alicyclic amines) is 1. The Bertz CT molecular complexity index is 1070. The minimum atomic E-state index is -0.108. The molecule has 0 aromatic carbocycles. The Labute approximate surface area is 184 Å². The van der Waals surface area contributed by atoms with E-state index in [9.17, 15) is 4.79 Å². The van der Waals surface area contributed by atoms with E-state index in [0.29, 0.717) is 11.9 Å². The minimum Gasteiger partial charge on any atom is -0.379 e. The molecule has 0 aliphatic carbocycles. The van der Waals surface area contributed by atoms with E-state index in [4.69, 9.17) is 4.74 Å². The molecule has 5 heterocycles. The van der Waals surface area contributed by atoms with Gasteiger partial charge in [-0.1, -0.05) is 11.3 Å². The monoisotopic (exact) mass is 439 g/mol. The summed E-state index contributed by atoms with van der Waals surface area (Å²) in [4.78, 5) is 26.2. The molecule has 3 aromatic rings. The Morgan fingerprint density at radius 1 is 1.16 bits per heavy atom. The van der Waals surface area contributed by atoms with Crippen LogP contribution in [0.25, 0.3) is 21.6 Å². The van der Waals surface area contributed by atoms with Gasteiger partial charge < -0.3 is 9.64 Å². The molecule has 1 N–H and O–H groups in total. The topological polar surface area (TPSA) is 96.4 Å². The molecule has 0 atom stereocenters. The quantitative estimate of drug-likeness (QED) is 0.670. The first-order valence-electron chi connectivity index (χ1n) is 10.6. The number of urea groups is 1. The lowest BCUT2D eigenvalue weighted by Crippen LogP contribution is -2.50. The van der Waals surface area contributed by atoms with Crippen LogP contribution in [-0.2, 0) is 4.74 Å². The van der Waals surface area contributed by atoms with Gasteiger partial charge in [0.25, 0.3) is 0 Å². The number of aromatic nitrogens is 4. The number of hydrogen-bond donors (Lipinski definition) is 1. The van der Waals surface area contributed by atoms with Gasteiger partial charge in [-0.2, -0.15) is 0 Å². The molecule has 9 nitrogen and oxygen atoms in total. The van der Waals surface area contributed by atoms with Gasteiger partial charge in [-0.3, -0.25) is 10.2 Å². The SMILES string of the molecule is Cc1nnc(-c2ccc3cnc(NC(=O)N4CCC(N5CCOCC5)CC4)cc3n2)s1. The molecule has 10 heteroatoms. The van der Waals surface area contributed by atoms with Crippen LogP contribution in [0.3, 0.4) is 0 Å². The maximum Gasteiger partial charge on any atom is 0.323 e. The van der Waals surface area contributed by atoms with Gasteiger partial charge in [-0.15, -0.1) is 10.2 Å². The van der Waals surface area contributed by atoms with Gasteiger partial charge in [0.2, 0.25) is 0 Å². The molecule has 5 rings (SSSR count). The fraction of sp³-hybridized carbons (Fsp3) is 0.476. The van der Waals surface area contributed by atoms with Crippen molar-refractivity contribution in [3.8, 4) is 10.7 Å². The maximum atomic E-state index is 12.8. The third kappa shape index (κ3) is 4.51. The number of rotatable bonds is 3. The first kappa shape index (κ1) is 20.2. The number of amides is 2. The van der Waals surface area contributed by atoms with Crippen LogP contribution < -0.4 is 5.32 Å². The number of nitrogens with zero attached hydrogens (tertiary/aromatic N) is 6. The zero-order valence-electron chi connectivity index (χ0n) is 17.5. The van der Waals surface area contributed by atoms with Crippen molar-refractivity contribution in [3.63, 3.8) is 0 Å². The Morgan fingerprint density at radius 2 is 1.97 bits per heavy atom. The second-order valence-electron chi connectivity index (χ2n) is 7.88. The van der Waals surface area contributed by atoms with Gasteiger partial charge >= 0.3 is 6.03 Å². The third-order valence-electron chi connectivity index (χ3n) is 5.87. The van der Waals surface area contributed by atoms with E-state index in [1.807, 2.05) is 30.0 Å². The van der Waals surface area contributed by atoms with Crippen LogP contribution in [0.1, 0.15) is 17.8 Å². The predicted octanol–water partition coefficient (Wildman–Crippen LogP) is 2.79. The molecule has 162 valence electrons. The van der Waals surface area contributed by atoms with Crippen molar-refractivity contribution in [1.29, 1.82) is 0 Å². The fourth-order valence-corrected chi connectivity index (χ4v) is 4.83. The summed E-state index contributed by atoms with van der Waals surface area (Å²) in [6.45, 7) is 7.02. The zero-order chi connectivity index (χ0) is 21.2. The standard InChI is InChI=1S/C21H25N7O2S/c1-14-25-26-20(31-14)17-3-2-15-13-22-19(12-18(15)23-17)24-21(29)28-6-4-16(5-7-28)27-8-10-30-11-9-27/h2-3,12-13,16H,4-11H2,1H3,(H,22,24,29). The number of hydrogen-bond acceptors (Lipinski definition) is 8. The Morgan fingerprint density at radius 3 is 2.71 bits per heavy atom. The highest BCUT2D eigenvalue weighted by Gasteiger charge is 2.28. The van der Waals surface area contributed by atoms with Gasteiger partial charge in [0.15, 0.2) is 5.01 Å². The number of anilines is 1. The summed E-state index contributed by atoms with van der Waals surface area (Å²) in [5.74, 6) is 0.505. The molecule has 2 fully saturated rings. The highest BCUT2D eigenvalue weighted by Crippen LogP contribution is 2.25. The summed E-state index contributed by atoms with van der Waals surface area (Å²) >= 11 is 1.51. The highest BCUT2D eigenvalue weighted by molar-refractivity contribution is 7.14. The molecule has 0 saturated carbocycles. The van der Waals surface area contributed by atoms with Crippen LogP contribution in [0.5, 0.6) is 0 Å². The second kappa shape index (κ2) is 8.81. The van der Waals surface area contributed by atoms with Gasteiger partial charge in [-0.05, 0) is 31.9 Å². The Hall–Kier alpha value is -2.69. The number of carbonyl (C=O) groups excluding carboxylic acids is 1. The largest absolute Gasteiger partial charge is 0.379 e. The predicted molar refractivity (Wildman–Crippen MR) is 119 cm³/mol. The van der Waals surface area contributed by atoms with Crippen LogP contribution in [0.2, 0.25) is 0 Å². The fourth-order valence-electron chi connectivity index (χ4n) is 4.17. The number of pyridine rings is 2. The number of piperidine rings is 1. The molecular formula is C21H25N7O2S. The highest BCUT2D eigenvalue weighted by atomic mass is 32.1. The van der Waals surface area contributed by atoms with E-state index in [1.54, 1.807) is 6.20 Å². The molecule has 2 aliphatic rings. The maximum absolute atomic E-state index is 12.8. The Kier molecular flexibility index (Phi) is 5.75. The Balaban J connectivity index is 1.24. The van der Waals surface area contributed by atoms with Gasteiger partial charge in [0, 0.05) is 49.9 Å². The first-order chi connectivity index (χ1) is 15.2. The summed E-state index contributed by atoms with van der Waals surface area (Å²) in [6, 6.07) is 6.12. The van der Waals surface area contributed by atoms with E-state index in [-0.39, 0.29) is 6.03 Å². The molecule has 0 bridgehead atoms. The van der Waals surface area contributed by atoms with Crippen molar-refractivity contribution >= 4 is 34.1 Å². The van der Waals surface area contributed by atoms with Gasteiger partial charge in [-0.25, -0.2) is 14.8 Å². The molecule has 0 unspecified atom stereocenters. The van der Waals surface area contributed by atoms with Crippen LogP contribution in [-0.4, -0.2) is 81.4 Å². The molecule has 0 radical (unpaired) electrons. The second-order valence-corrected chi connectivity index (χ2v) is 9.06. The molecule has 2 saturated heterocycles. The van der Waals surface area contributed by atoms with Crippen LogP contribution in [0, 0.1) is 6.92 Å². The molecule has 31 heavy (non-hydrogen) atoms. The minimum absolute atomic E-state index is 0.108. The van der Waals surface area contributed by atoms with E-state index in [2.05, 4.69) is 30.4 Å². The van der Waals surface area contributed by atoms with Crippen LogP contribution in [0.15, 0.2) is 24.4 Å². The first-order valence-corrected chi connectivity index (χ1v) is 11.4. The van der Waals surface area contributed by atoms with Crippen molar-refractivity contribution in [1.82, 2.24) is 30.0 Å². The summed E-state index contributed by atoms with van der Waals surface area (Å²) in [6.07, 6.45) is 3.72. The summed E-state index contributed by atoms with van der Waals surface area (Å²) in [7, 11) is 0. The lowest BCUT2D eigenvalue weighted by atomic mass is 10.0. The smallest absolute Gasteiger partial charge is 0.323 e. The number of aryl methyl sites for hydroxylation is 1. The number of fused-ring (bicyclic) bond motifs is 1. The zero-order valence-corrected chi connectivity index (χ0v) is 18.3. The molecule has 2 aliphatic heterocycles. The van der Waals surface area contributed by atoms with Crippen molar-refractivity contribution < 1.29 is 9.53 Å². The lowest BCUT2D eigenvalue weighted by Gasteiger charge is -2.39. The summed E-state index contributed by atoms with van der Waals surface area (Å²) in [5.41, 5.74) is 1.54. The summed E-state index contributed by atoms with van der Waals surface area (Å²) in [5, 5.41) is 13.8. The number of nitrogens with one attached hydrogen (secondary N) is 1. The molecule has 3 aromatic heterocycles. The van der Waals surface area contributed by atoms with Crippen LogP contribution in [0.4, 0.5) is 10.6 Å². The number of morpholine rings is 1. The average Bonchev–Trinajstić information content (AvgIpc) is 3.25. The van der Waals surface area contributed by atoms with Crippen LogP contribution >= 0.6 is 11.3 Å². The van der Waals surface area contributed by atoms with Gasteiger partial charge in [0.1, 0.15) is 16.5 Å². The van der Waals surface area contributed by atoms with E-state index in [1.165, 1.54) is 11.3 Å². The molecule has 2 amide bonds. The summed E-state index contributed by atoms with van der Waals surface area (Å²) < 4.78 is 5.45. The van der Waals surface area contributed by atoms with E-state index >= 15 is 0 Å². The van der Waals surface area contributed by atoms with Crippen molar-refractivity contribution in [3.05, 3.63) is 29.4 Å². The van der Waals surface area contributed by atoms with Gasteiger partial charge in [0.05, 0.1) is 18.7 Å². The lowest BCUT2D eigenvalue weighted by molar-refractivity contribution is 0.00419. The third-order valence-corrected chi connectivity index (χ3v) is 6.73. The normalized spacial score (nSPS) is 18.4. The average molecular weight is 440 g/mol. The number of carbonyl (C=O) groups is 1.